The lowest BCUT2D eigenvalue weighted by molar-refractivity contribution is 0.663. The van der Waals surface area contributed by atoms with Crippen LogP contribution in [0.25, 0.3) is 0 Å². The standard InChI is InChI=1S/C11H11Br2NS2/c12-8-5-10(16-11(8)13)9(14)2-1-7-3-4-15-6-7/h3-6,9H,1-2,14H2. The lowest BCUT2D eigenvalue weighted by Crippen LogP contribution is -2.09. The van der Waals surface area contributed by atoms with E-state index >= 15 is 0 Å². The number of rotatable bonds is 4. The number of aryl methyl sites for hydroxylation is 1. The highest BCUT2D eigenvalue weighted by atomic mass is 79.9. The maximum atomic E-state index is 6.17. The van der Waals surface area contributed by atoms with Crippen LogP contribution in [-0.2, 0) is 6.42 Å². The molecule has 0 aliphatic heterocycles. The fourth-order valence-corrected chi connectivity index (χ4v) is 4.27. The first-order chi connectivity index (χ1) is 7.66. The van der Waals surface area contributed by atoms with Crippen molar-refractivity contribution in [3.05, 3.63) is 41.6 Å². The number of hydrogen-bond donors (Lipinski definition) is 1. The summed E-state index contributed by atoms with van der Waals surface area (Å²) in [7, 11) is 0. The molecule has 0 aromatic carbocycles. The molecule has 2 rings (SSSR count). The van der Waals surface area contributed by atoms with E-state index in [9.17, 15) is 0 Å². The molecule has 16 heavy (non-hydrogen) atoms. The maximum absolute atomic E-state index is 6.17. The molecular formula is C11H11Br2NS2. The molecule has 2 heterocycles. The molecule has 0 saturated carbocycles. The average molecular weight is 381 g/mol. The Morgan fingerprint density at radius 1 is 1.38 bits per heavy atom. The Morgan fingerprint density at radius 2 is 2.19 bits per heavy atom. The fourth-order valence-electron chi connectivity index (χ4n) is 1.45. The van der Waals surface area contributed by atoms with Crippen molar-refractivity contribution >= 4 is 54.5 Å². The third-order valence-corrected chi connectivity index (χ3v) is 6.47. The van der Waals surface area contributed by atoms with E-state index in [2.05, 4.69) is 54.8 Å². The minimum absolute atomic E-state index is 0.132. The molecule has 2 aromatic rings. The third kappa shape index (κ3) is 3.17. The molecule has 0 aliphatic carbocycles. The van der Waals surface area contributed by atoms with Gasteiger partial charge in [-0.3, -0.25) is 0 Å². The van der Waals surface area contributed by atoms with Gasteiger partial charge in [0.05, 0.1) is 3.79 Å². The van der Waals surface area contributed by atoms with Crippen LogP contribution < -0.4 is 5.73 Å². The van der Waals surface area contributed by atoms with E-state index in [-0.39, 0.29) is 6.04 Å². The van der Waals surface area contributed by atoms with E-state index in [1.807, 2.05) is 0 Å². The van der Waals surface area contributed by atoms with E-state index in [0.717, 1.165) is 21.1 Å². The van der Waals surface area contributed by atoms with Crippen LogP contribution in [0.3, 0.4) is 0 Å². The van der Waals surface area contributed by atoms with Gasteiger partial charge in [-0.15, -0.1) is 11.3 Å². The van der Waals surface area contributed by atoms with E-state index in [4.69, 9.17) is 5.73 Å². The molecule has 2 N–H and O–H groups in total. The summed E-state index contributed by atoms with van der Waals surface area (Å²) < 4.78 is 2.21. The molecule has 0 fully saturated rings. The Kier molecular flexibility index (Phi) is 4.61. The summed E-state index contributed by atoms with van der Waals surface area (Å²) in [6.07, 6.45) is 2.05. The number of thiophene rings is 2. The third-order valence-electron chi connectivity index (χ3n) is 2.35. The SMILES string of the molecule is NC(CCc1ccsc1)c1cc(Br)c(Br)s1. The monoisotopic (exact) mass is 379 g/mol. The smallest absolute Gasteiger partial charge is 0.0843 e. The van der Waals surface area contributed by atoms with Crippen LogP contribution >= 0.6 is 54.5 Å². The van der Waals surface area contributed by atoms with Crippen LogP contribution in [0.4, 0.5) is 0 Å². The zero-order valence-electron chi connectivity index (χ0n) is 8.45. The van der Waals surface area contributed by atoms with Gasteiger partial charge in [-0.2, -0.15) is 11.3 Å². The second-order valence-electron chi connectivity index (χ2n) is 3.55. The van der Waals surface area contributed by atoms with Gasteiger partial charge in [-0.25, -0.2) is 0 Å². The quantitative estimate of drug-likeness (QED) is 0.796. The van der Waals surface area contributed by atoms with Crippen LogP contribution in [0, 0.1) is 0 Å². The second kappa shape index (κ2) is 5.78. The highest BCUT2D eigenvalue weighted by Gasteiger charge is 2.11. The molecule has 2 aromatic heterocycles. The van der Waals surface area contributed by atoms with E-state index in [0.29, 0.717) is 0 Å². The molecule has 1 unspecified atom stereocenters. The van der Waals surface area contributed by atoms with Gasteiger partial charge in [0.15, 0.2) is 0 Å². The van der Waals surface area contributed by atoms with E-state index < -0.39 is 0 Å². The normalized spacial score (nSPS) is 12.9. The van der Waals surface area contributed by atoms with Crippen molar-refractivity contribution in [3.8, 4) is 0 Å². The predicted octanol–water partition coefficient (Wildman–Crippen LogP) is 4.97. The van der Waals surface area contributed by atoms with Crippen molar-refractivity contribution in [2.75, 3.05) is 0 Å². The van der Waals surface area contributed by atoms with Gasteiger partial charge < -0.3 is 5.73 Å². The predicted molar refractivity (Wildman–Crippen MR) is 79.3 cm³/mol. The Hall–Kier alpha value is 0.320. The van der Waals surface area contributed by atoms with Crippen molar-refractivity contribution in [2.45, 2.75) is 18.9 Å². The summed E-state index contributed by atoms with van der Waals surface area (Å²) in [5.41, 5.74) is 7.55. The Bertz CT molecular complexity index is 431. The summed E-state index contributed by atoms with van der Waals surface area (Å²) in [5, 5.41) is 4.30. The topological polar surface area (TPSA) is 26.0 Å². The highest BCUT2D eigenvalue weighted by molar-refractivity contribution is 9.13. The van der Waals surface area contributed by atoms with Crippen molar-refractivity contribution in [1.82, 2.24) is 0 Å². The molecule has 5 heteroatoms. The van der Waals surface area contributed by atoms with Gasteiger partial charge in [0.2, 0.25) is 0 Å². The average Bonchev–Trinajstić information content (AvgIpc) is 2.86. The van der Waals surface area contributed by atoms with Crippen molar-refractivity contribution in [1.29, 1.82) is 0 Å². The van der Waals surface area contributed by atoms with E-state index in [1.165, 1.54) is 10.4 Å². The van der Waals surface area contributed by atoms with E-state index in [1.54, 1.807) is 22.7 Å². The summed E-state index contributed by atoms with van der Waals surface area (Å²) in [6.45, 7) is 0. The molecule has 0 amide bonds. The van der Waals surface area contributed by atoms with Gasteiger partial charge in [0.25, 0.3) is 0 Å². The molecule has 0 aliphatic rings. The fraction of sp³-hybridized carbons (Fsp3) is 0.273. The molecule has 0 bridgehead atoms. The zero-order chi connectivity index (χ0) is 11.5. The number of halogens is 2. The first-order valence-corrected chi connectivity index (χ1v) is 8.22. The van der Waals surface area contributed by atoms with Crippen LogP contribution in [0.5, 0.6) is 0 Å². The largest absolute Gasteiger partial charge is 0.323 e. The Morgan fingerprint density at radius 3 is 2.75 bits per heavy atom. The van der Waals surface area contributed by atoms with Crippen molar-refractivity contribution < 1.29 is 0 Å². The minimum atomic E-state index is 0.132. The number of nitrogens with two attached hydrogens (primary N) is 1. The lowest BCUT2D eigenvalue weighted by atomic mass is 10.1. The van der Waals surface area contributed by atoms with Crippen molar-refractivity contribution in [3.63, 3.8) is 0 Å². The molecular weight excluding hydrogens is 370 g/mol. The van der Waals surface area contributed by atoms with Crippen LogP contribution in [-0.4, -0.2) is 0 Å². The molecule has 0 radical (unpaired) electrons. The summed E-state index contributed by atoms with van der Waals surface area (Å²) in [5.74, 6) is 0. The first kappa shape index (κ1) is 12.8. The van der Waals surface area contributed by atoms with Crippen molar-refractivity contribution in [2.24, 2.45) is 5.73 Å². The van der Waals surface area contributed by atoms with Gasteiger partial charge in [0, 0.05) is 15.4 Å². The maximum Gasteiger partial charge on any atom is 0.0843 e. The molecule has 1 nitrogen and oxygen atoms in total. The van der Waals surface area contributed by atoms with Crippen LogP contribution in [0.1, 0.15) is 22.9 Å². The van der Waals surface area contributed by atoms with Gasteiger partial charge in [-0.1, -0.05) is 0 Å². The zero-order valence-corrected chi connectivity index (χ0v) is 13.3. The highest BCUT2D eigenvalue weighted by Crippen LogP contribution is 2.35. The van der Waals surface area contributed by atoms with Crippen LogP contribution in [0.15, 0.2) is 31.2 Å². The number of hydrogen-bond acceptors (Lipinski definition) is 3. The van der Waals surface area contributed by atoms with Gasteiger partial charge in [-0.05, 0) is 73.2 Å². The molecule has 0 saturated heterocycles. The molecule has 86 valence electrons. The first-order valence-electron chi connectivity index (χ1n) is 4.88. The van der Waals surface area contributed by atoms with Crippen LogP contribution in [0.2, 0.25) is 0 Å². The van der Waals surface area contributed by atoms with Gasteiger partial charge in [0.1, 0.15) is 0 Å². The summed E-state index contributed by atoms with van der Waals surface area (Å²) in [6, 6.07) is 4.40. The summed E-state index contributed by atoms with van der Waals surface area (Å²) >= 11 is 10.4. The molecule has 1 atom stereocenters. The van der Waals surface area contributed by atoms with Gasteiger partial charge >= 0.3 is 0 Å². The summed E-state index contributed by atoms with van der Waals surface area (Å²) in [4.78, 5) is 1.23. The Labute approximate surface area is 120 Å². The second-order valence-corrected chi connectivity index (χ2v) is 7.58. The molecule has 0 spiro atoms. The minimum Gasteiger partial charge on any atom is -0.323 e. The lowest BCUT2D eigenvalue weighted by Gasteiger charge is -2.07. The Balaban J connectivity index is 1.95.